The molecule has 2 aromatic rings. The molecule has 22 heavy (non-hydrogen) atoms. The third-order valence-corrected chi connectivity index (χ3v) is 4.61. The van der Waals surface area contributed by atoms with Crippen LogP contribution in [0.5, 0.6) is 5.75 Å². The lowest BCUT2D eigenvalue weighted by Crippen LogP contribution is -2.14. The van der Waals surface area contributed by atoms with Crippen LogP contribution in [-0.4, -0.2) is 18.8 Å². The summed E-state index contributed by atoms with van der Waals surface area (Å²) in [4.78, 5) is 11.9. The monoisotopic (exact) mass is 355 g/mol. The lowest BCUT2D eigenvalue weighted by Gasteiger charge is -2.07. The van der Waals surface area contributed by atoms with Gasteiger partial charge in [-0.2, -0.15) is 0 Å². The Morgan fingerprint density at radius 1 is 1.14 bits per heavy atom. The van der Waals surface area contributed by atoms with Crippen molar-refractivity contribution in [2.24, 2.45) is 0 Å². The number of carbonyl (C=O) groups excluding carboxylic acids is 1. The molecule has 3 nitrogen and oxygen atoms in total. The van der Waals surface area contributed by atoms with Gasteiger partial charge in [-0.15, -0.1) is 11.8 Å². The van der Waals surface area contributed by atoms with E-state index in [0.29, 0.717) is 21.5 Å². The molecule has 0 aliphatic rings. The minimum absolute atomic E-state index is 0.0723. The molecule has 0 saturated carbocycles. The number of halogens is 2. The van der Waals surface area contributed by atoms with Crippen LogP contribution in [-0.2, 0) is 10.5 Å². The lowest BCUT2D eigenvalue weighted by molar-refractivity contribution is -0.113. The molecule has 116 valence electrons. The summed E-state index contributed by atoms with van der Waals surface area (Å²) in [6, 6.07) is 12.8. The lowest BCUT2D eigenvalue weighted by atomic mass is 10.2. The minimum Gasteiger partial charge on any atom is -0.497 e. The highest BCUT2D eigenvalue weighted by Crippen LogP contribution is 2.25. The number of thioether (sulfide) groups is 1. The van der Waals surface area contributed by atoms with Gasteiger partial charge in [-0.25, -0.2) is 0 Å². The maximum Gasteiger partial charge on any atom is 0.234 e. The highest BCUT2D eigenvalue weighted by Gasteiger charge is 2.05. The zero-order valence-corrected chi connectivity index (χ0v) is 14.3. The molecule has 0 radical (unpaired) electrons. The van der Waals surface area contributed by atoms with Gasteiger partial charge in [0.2, 0.25) is 5.91 Å². The number of anilines is 1. The Bertz CT molecular complexity index is 647. The molecular weight excluding hydrogens is 341 g/mol. The molecule has 0 fully saturated rings. The van der Waals surface area contributed by atoms with Crippen LogP contribution in [0.2, 0.25) is 10.0 Å². The van der Waals surface area contributed by atoms with Crippen molar-refractivity contribution in [3.63, 3.8) is 0 Å². The molecule has 0 heterocycles. The van der Waals surface area contributed by atoms with Crippen LogP contribution in [0.3, 0.4) is 0 Å². The number of ether oxygens (including phenoxy) is 1. The second kappa shape index (κ2) is 8.32. The van der Waals surface area contributed by atoms with Crippen molar-refractivity contribution < 1.29 is 9.53 Å². The predicted molar refractivity (Wildman–Crippen MR) is 94.2 cm³/mol. The second-order valence-corrected chi connectivity index (χ2v) is 6.32. The molecule has 0 aromatic heterocycles. The Labute approximate surface area is 144 Å². The van der Waals surface area contributed by atoms with Crippen LogP contribution in [0.1, 0.15) is 5.56 Å². The first-order valence-electron chi connectivity index (χ1n) is 6.54. The molecule has 0 aliphatic heterocycles. The molecule has 1 amide bonds. The third-order valence-electron chi connectivity index (χ3n) is 2.86. The Morgan fingerprint density at radius 3 is 2.50 bits per heavy atom. The summed E-state index contributed by atoms with van der Waals surface area (Å²) in [7, 11) is 1.64. The van der Waals surface area contributed by atoms with Crippen molar-refractivity contribution in [2.75, 3.05) is 18.2 Å². The van der Waals surface area contributed by atoms with Crippen LogP contribution in [0.4, 0.5) is 5.69 Å². The molecule has 2 rings (SSSR count). The SMILES string of the molecule is COc1ccc(CSCC(=O)Nc2ccc(Cl)c(Cl)c2)cc1. The molecule has 6 heteroatoms. The fourth-order valence-corrected chi connectivity index (χ4v) is 2.84. The molecule has 2 aromatic carbocycles. The number of rotatable bonds is 6. The zero-order valence-electron chi connectivity index (χ0n) is 11.9. The first-order valence-corrected chi connectivity index (χ1v) is 8.45. The quantitative estimate of drug-likeness (QED) is 0.802. The minimum atomic E-state index is -0.0723. The Kier molecular flexibility index (Phi) is 6.43. The second-order valence-electron chi connectivity index (χ2n) is 4.52. The van der Waals surface area contributed by atoms with E-state index in [4.69, 9.17) is 27.9 Å². The van der Waals surface area contributed by atoms with Gasteiger partial charge in [0.15, 0.2) is 0 Å². The maximum absolute atomic E-state index is 11.9. The van der Waals surface area contributed by atoms with E-state index >= 15 is 0 Å². The van der Waals surface area contributed by atoms with Gasteiger partial charge in [-0.3, -0.25) is 4.79 Å². The van der Waals surface area contributed by atoms with Crippen molar-refractivity contribution in [3.8, 4) is 5.75 Å². The number of amides is 1. The number of hydrogen-bond acceptors (Lipinski definition) is 3. The van der Waals surface area contributed by atoms with E-state index in [9.17, 15) is 4.79 Å². The number of nitrogens with one attached hydrogen (secondary N) is 1. The number of methoxy groups -OCH3 is 1. The largest absolute Gasteiger partial charge is 0.497 e. The van der Waals surface area contributed by atoms with E-state index in [2.05, 4.69) is 5.32 Å². The Hall–Kier alpha value is -1.36. The van der Waals surface area contributed by atoms with E-state index in [1.54, 1.807) is 37.1 Å². The van der Waals surface area contributed by atoms with E-state index < -0.39 is 0 Å². The normalized spacial score (nSPS) is 10.3. The van der Waals surface area contributed by atoms with E-state index in [1.165, 1.54) is 0 Å². The number of benzene rings is 2. The van der Waals surface area contributed by atoms with Gasteiger partial charge >= 0.3 is 0 Å². The molecular formula is C16H15Cl2NO2S. The van der Waals surface area contributed by atoms with Gasteiger partial charge in [-0.05, 0) is 35.9 Å². The molecule has 0 atom stereocenters. The molecule has 0 spiro atoms. The van der Waals surface area contributed by atoms with Crippen LogP contribution in [0.25, 0.3) is 0 Å². The highest BCUT2D eigenvalue weighted by molar-refractivity contribution is 7.99. The summed E-state index contributed by atoms with van der Waals surface area (Å²) in [6.45, 7) is 0. The van der Waals surface area contributed by atoms with Crippen molar-refractivity contribution in [1.29, 1.82) is 0 Å². The molecule has 0 saturated heterocycles. The van der Waals surface area contributed by atoms with Gasteiger partial charge in [-0.1, -0.05) is 35.3 Å². The first kappa shape index (κ1) is 17.0. The predicted octanol–water partition coefficient (Wildman–Crippen LogP) is 4.87. The molecule has 0 bridgehead atoms. The van der Waals surface area contributed by atoms with E-state index in [0.717, 1.165) is 17.1 Å². The summed E-state index contributed by atoms with van der Waals surface area (Å²) in [6.07, 6.45) is 0. The first-order chi connectivity index (χ1) is 10.6. The summed E-state index contributed by atoms with van der Waals surface area (Å²) >= 11 is 13.3. The van der Waals surface area contributed by atoms with Crippen molar-refractivity contribution in [3.05, 3.63) is 58.1 Å². The van der Waals surface area contributed by atoms with Crippen LogP contribution in [0.15, 0.2) is 42.5 Å². The third kappa shape index (κ3) is 5.13. The van der Waals surface area contributed by atoms with Gasteiger partial charge in [0.1, 0.15) is 5.75 Å². The van der Waals surface area contributed by atoms with Crippen LogP contribution in [0, 0.1) is 0 Å². The summed E-state index contributed by atoms with van der Waals surface area (Å²) in [5.41, 5.74) is 1.79. The summed E-state index contributed by atoms with van der Waals surface area (Å²) in [5, 5.41) is 3.68. The summed E-state index contributed by atoms with van der Waals surface area (Å²) < 4.78 is 5.11. The van der Waals surface area contributed by atoms with E-state index in [1.807, 2.05) is 24.3 Å². The topological polar surface area (TPSA) is 38.3 Å². The fraction of sp³-hybridized carbons (Fsp3) is 0.188. The number of carbonyl (C=O) groups is 1. The molecule has 1 N–H and O–H groups in total. The van der Waals surface area contributed by atoms with Crippen LogP contribution < -0.4 is 10.1 Å². The average molecular weight is 356 g/mol. The highest BCUT2D eigenvalue weighted by atomic mass is 35.5. The van der Waals surface area contributed by atoms with Gasteiger partial charge in [0.05, 0.1) is 22.9 Å². The van der Waals surface area contributed by atoms with Gasteiger partial charge < -0.3 is 10.1 Å². The van der Waals surface area contributed by atoms with Crippen molar-refractivity contribution >= 4 is 46.6 Å². The van der Waals surface area contributed by atoms with Crippen LogP contribution >= 0.6 is 35.0 Å². The Balaban J connectivity index is 1.78. The summed E-state index contributed by atoms with van der Waals surface area (Å²) in [5.74, 6) is 1.88. The van der Waals surface area contributed by atoms with Gasteiger partial charge in [0.25, 0.3) is 0 Å². The Morgan fingerprint density at radius 2 is 1.86 bits per heavy atom. The van der Waals surface area contributed by atoms with E-state index in [-0.39, 0.29) is 5.91 Å². The zero-order chi connectivity index (χ0) is 15.9. The standard InChI is InChI=1S/C16H15Cl2NO2S/c1-21-13-5-2-11(3-6-13)9-22-10-16(20)19-12-4-7-14(17)15(18)8-12/h2-8H,9-10H2,1H3,(H,19,20). The van der Waals surface area contributed by atoms with Gasteiger partial charge in [0, 0.05) is 11.4 Å². The van der Waals surface area contributed by atoms with Crippen molar-refractivity contribution in [2.45, 2.75) is 5.75 Å². The smallest absolute Gasteiger partial charge is 0.234 e. The molecule has 0 aliphatic carbocycles. The van der Waals surface area contributed by atoms with Crippen molar-refractivity contribution in [1.82, 2.24) is 0 Å². The average Bonchev–Trinajstić information content (AvgIpc) is 2.51. The molecule has 0 unspecified atom stereocenters. The number of hydrogen-bond donors (Lipinski definition) is 1. The fourth-order valence-electron chi connectivity index (χ4n) is 1.75. The maximum atomic E-state index is 11.9.